The van der Waals surface area contributed by atoms with E-state index >= 15 is 0 Å². The van der Waals surface area contributed by atoms with Crippen LogP contribution in [-0.4, -0.2) is 47.0 Å². The van der Waals surface area contributed by atoms with Crippen molar-refractivity contribution in [1.29, 1.82) is 0 Å². The van der Waals surface area contributed by atoms with Crippen molar-refractivity contribution in [3.8, 4) is 22.5 Å². The van der Waals surface area contributed by atoms with Gasteiger partial charge in [-0.3, -0.25) is 4.98 Å². The number of rotatable bonds is 7. The van der Waals surface area contributed by atoms with E-state index in [1.54, 1.807) is 30.6 Å². The third kappa shape index (κ3) is 5.34. The lowest BCUT2D eigenvalue weighted by Crippen LogP contribution is -2.17. The molecule has 0 spiro atoms. The van der Waals surface area contributed by atoms with Crippen LogP contribution in [-0.2, 0) is 6.18 Å². The molecule has 0 atom stereocenters. The molecular weight excluding hydrogens is 439 g/mol. The Morgan fingerprint density at radius 1 is 0.912 bits per heavy atom. The molecule has 0 aliphatic heterocycles. The maximum absolute atomic E-state index is 13.8. The summed E-state index contributed by atoms with van der Waals surface area (Å²) in [7, 11) is 4.02. The quantitative estimate of drug-likeness (QED) is 0.337. The summed E-state index contributed by atoms with van der Waals surface area (Å²) < 4.78 is 41.3. The van der Waals surface area contributed by atoms with Crippen LogP contribution < -0.4 is 5.32 Å². The maximum atomic E-state index is 13.8. The molecule has 5 nitrogen and oxygen atoms in total. The Hall–Kier alpha value is -3.52. The normalized spacial score (nSPS) is 11.9. The zero-order valence-corrected chi connectivity index (χ0v) is 19.3. The minimum Gasteiger partial charge on any atom is -0.369 e. The minimum atomic E-state index is -4.50. The first-order valence-electron chi connectivity index (χ1n) is 11.0. The number of nitrogens with one attached hydrogen (secondary N) is 1. The molecule has 0 bridgehead atoms. The minimum absolute atomic E-state index is 0.248. The lowest BCUT2D eigenvalue weighted by Gasteiger charge is -2.15. The van der Waals surface area contributed by atoms with E-state index in [4.69, 9.17) is 0 Å². The molecule has 0 saturated heterocycles. The van der Waals surface area contributed by atoms with Crippen molar-refractivity contribution < 1.29 is 13.2 Å². The first kappa shape index (κ1) is 23.6. The van der Waals surface area contributed by atoms with Gasteiger partial charge in [0.05, 0.1) is 11.1 Å². The number of aromatic nitrogens is 3. The van der Waals surface area contributed by atoms with Gasteiger partial charge in [-0.1, -0.05) is 12.1 Å². The molecule has 0 aliphatic rings. The van der Waals surface area contributed by atoms with Crippen LogP contribution in [0, 0.1) is 6.92 Å². The molecular formula is C26H26F3N5. The number of benzene rings is 2. The SMILES string of the molecule is Cc1cccc2c(NCCCN(C)C)nc(-c3cc(-c4ccncc4)cc(C(F)(F)F)c3)nc12. The van der Waals surface area contributed by atoms with E-state index in [1.807, 2.05) is 39.2 Å². The molecule has 34 heavy (non-hydrogen) atoms. The summed E-state index contributed by atoms with van der Waals surface area (Å²) in [6.45, 7) is 3.52. The lowest BCUT2D eigenvalue weighted by atomic mass is 9.99. The first-order valence-corrected chi connectivity index (χ1v) is 11.0. The van der Waals surface area contributed by atoms with Gasteiger partial charge in [0.25, 0.3) is 0 Å². The van der Waals surface area contributed by atoms with Crippen LogP contribution in [0.3, 0.4) is 0 Å². The Kier molecular flexibility index (Phi) is 6.79. The van der Waals surface area contributed by atoms with E-state index in [0.29, 0.717) is 34.6 Å². The van der Waals surface area contributed by atoms with Crippen LogP contribution in [0.5, 0.6) is 0 Å². The zero-order chi connectivity index (χ0) is 24.3. The molecule has 0 amide bonds. The van der Waals surface area contributed by atoms with Crippen LogP contribution in [0.25, 0.3) is 33.4 Å². The number of aryl methyl sites for hydroxylation is 1. The highest BCUT2D eigenvalue weighted by atomic mass is 19.4. The van der Waals surface area contributed by atoms with E-state index in [1.165, 1.54) is 0 Å². The number of halogens is 3. The summed E-state index contributed by atoms with van der Waals surface area (Å²) >= 11 is 0. The first-order chi connectivity index (χ1) is 16.2. The van der Waals surface area contributed by atoms with Gasteiger partial charge in [-0.15, -0.1) is 0 Å². The Morgan fingerprint density at radius 3 is 2.35 bits per heavy atom. The zero-order valence-electron chi connectivity index (χ0n) is 19.3. The average molecular weight is 466 g/mol. The largest absolute Gasteiger partial charge is 0.416 e. The maximum Gasteiger partial charge on any atom is 0.416 e. The molecule has 2 aromatic heterocycles. The Balaban J connectivity index is 1.84. The second-order valence-electron chi connectivity index (χ2n) is 8.48. The third-order valence-electron chi connectivity index (χ3n) is 5.54. The molecule has 176 valence electrons. The molecule has 2 aromatic carbocycles. The van der Waals surface area contributed by atoms with Gasteiger partial charge >= 0.3 is 6.18 Å². The molecule has 1 N–H and O–H groups in total. The summed E-state index contributed by atoms with van der Waals surface area (Å²) in [5.41, 5.74) is 2.28. The lowest BCUT2D eigenvalue weighted by molar-refractivity contribution is -0.137. The monoisotopic (exact) mass is 465 g/mol. The number of hydrogen-bond donors (Lipinski definition) is 1. The van der Waals surface area contributed by atoms with Crippen molar-refractivity contribution in [3.05, 3.63) is 72.1 Å². The second kappa shape index (κ2) is 9.77. The molecule has 4 rings (SSSR count). The molecule has 0 saturated carbocycles. The standard InChI is InChI=1S/C26H26F3N5/c1-17-6-4-7-22-23(17)32-24(33-25(22)31-10-5-13-34(2)3)20-14-19(18-8-11-30-12-9-18)15-21(16-20)26(27,28)29/h4,6-9,11-12,14-16H,5,10,13H2,1-3H3,(H,31,32,33). The van der Waals surface area contributed by atoms with Crippen LogP contribution in [0.4, 0.5) is 19.0 Å². The number of fused-ring (bicyclic) bond motifs is 1. The average Bonchev–Trinajstić information content (AvgIpc) is 2.81. The number of para-hydroxylation sites is 1. The number of pyridine rings is 1. The van der Waals surface area contributed by atoms with Gasteiger partial charge in [-0.25, -0.2) is 9.97 Å². The van der Waals surface area contributed by atoms with Gasteiger partial charge in [-0.2, -0.15) is 13.2 Å². The van der Waals surface area contributed by atoms with E-state index in [-0.39, 0.29) is 5.82 Å². The van der Waals surface area contributed by atoms with Crippen molar-refractivity contribution in [2.24, 2.45) is 0 Å². The van der Waals surface area contributed by atoms with Gasteiger partial charge in [0, 0.05) is 29.9 Å². The Morgan fingerprint density at radius 2 is 1.65 bits per heavy atom. The number of nitrogens with zero attached hydrogens (tertiary/aromatic N) is 4. The number of alkyl halides is 3. The van der Waals surface area contributed by atoms with Gasteiger partial charge in [0.1, 0.15) is 5.82 Å². The molecule has 0 radical (unpaired) electrons. The molecule has 8 heteroatoms. The highest BCUT2D eigenvalue weighted by Crippen LogP contribution is 2.36. The van der Waals surface area contributed by atoms with Crippen LogP contribution in [0.15, 0.2) is 60.9 Å². The van der Waals surface area contributed by atoms with Crippen molar-refractivity contribution >= 4 is 16.7 Å². The van der Waals surface area contributed by atoms with Crippen LogP contribution in [0.2, 0.25) is 0 Å². The smallest absolute Gasteiger partial charge is 0.369 e. The summed E-state index contributed by atoms with van der Waals surface area (Å²) in [5.74, 6) is 0.864. The fourth-order valence-corrected chi connectivity index (χ4v) is 3.79. The van der Waals surface area contributed by atoms with E-state index in [9.17, 15) is 13.2 Å². The fourth-order valence-electron chi connectivity index (χ4n) is 3.79. The van der Waals surface area contributed by atoms with Crippen molar-refractivity contribution in [2.45, 2.75) is 19.5 Å². The van der Waals surface area contributed by atoms with Crippen molar-refractivity contribution in [2.75, 3.05) is 32.5 Å². The van der Waals surface area contributed by atoms with Gasteiger partial charge in [0.2, 0.25) is 0 Å². The summed E-state index contributed by atoms with van der Waals surface area (Å²) in [6, 6.07) is 13.1. The molecule has 2 heterocycles. The summed E-state index contributed by atoms with van der Waals surface area (Å²) in [4.78, 5) is 15.4. The summed E-state index contributed by atoms with van der Waals surface area (Å²) in [6.07, 6.45) is -0.491. The topological polar surface area (TPSA) is 53.9 Å². The van der Waals surface area contributed by atoms with E-state index in [2.05, 4.69) is 25.2 Å². The number of anilines is 1. The van der Waals surface area contributed by atoms with Crippen molar-refractivity contribution in [1.82, 2.24) is 19.9 Å². The molecule has 4 aromatic rings. The van der Waals surface area contributed by atoms with Gasteiger partial charge in [0.15, 0.2) is 5.82 Å². The number of hydrogen-bond acceptors (Lipinski definition) is 5. The molecule has 0 unspecified atom stereocenters. The van der Waals surface area contributed by atoms with Crippen LogP contribution in [0.1, 0.15) is 17.5 Å². The molecule has 0 aliphatic carbocycles. The third-order valence-corrected chi connectivity index (χ3v) is 5.54. The highest BCUT2D eigenvalue weighted by Gasteiger charge is 2.31. The highest BCUT2D eigenvalue weighted by molar-refractivity contribution is 5.92. The van der Waals surface area contributed by atoms with Gasteiger partial charge < -0.3 is 10.2 Å². The fraction of sp³-hybridized carbons (Fsp3) is 0.269. The Labute approximate surface area is 196 Å². The van der Waals surface area contributed by atoms with Gasteiger partial charge in [-0.05, 0) is 87.1 Å². The Bertz CT molecular complexity index is 1290. The molecule has 0 fully saturated rings. The summed E-state index contributed by atoms with van der Waals surface area (Å²) in [5, 5.41) is 4.21. The van der Waals surface area contributed by atoms with E-state index in [0.717, 1.165) is 36.0 Å². The predicted molar refractivity (Wildman–Crippen MR) is 130 cm³/mol. The van der Waals surface area contributed by atoms with Crippen molar-refractivity contribution in [3.63, 3.8) is 0 Å². The second-order valence-corrected chi connectivity index (χ2v) is 8.48. The van der Waals surface area contributed by atoms with E-state index < -0.39 is 11.7 Å². The predicted octanol–water partition coefficient (Wildman–Crippen LogP) is 6.05. The van der Waals surface area contributed by atoms with Crippen LogP contribution >= 0.6 is 0 Å².